The first-order valence-electron chi connectivity index (χ1n) is 8.27. The minimum Gasteiger partial charge on any atom is -0.379 e. The summed E-state index contributed by atoms with van der Waals surface area (Å²) >= 11 is 0. The van der Waals surface area contributed by atoms with Crippen LogP contribution in [0, 0.1) is 0 Å². The van der Waals surface area contributed by atoms with Crippen LogP contribution in [0.3, 0.4) is 0 Å². The average molecular weight is 290 g/mol. The Morgan fingerprint density at radius 3 is 2.38 bits per heavy atom. The number of nitrogens with zero attached hydrogens (tertiary/aromatic N) is 2. The van der Waals surface area contributed by atoms with Gasteiger partial charge in [0, 0.05) is 13.1 Å². The molecule has 2 rings (SSSR count). The van der Waals surface area contributed by atoms with Gasteiger partial charge in [0.25, 0.3) is 0 Å². The van der Waals surface area contributed by atoms with Crippen molar-refractivity contribution in [2.24, 2.45) is 0 Å². The zero-order valence-electron chi connectivity index (χ0n) is 13.7. The molecule has 1 aliphatic heterocycles. The summed E-state index contributed by atoms with van der Waals surface area (Å²) in [4.78, 5) is 4.77. The van der Waals surface area contributed by atoms with Gasteiger partial charge in [0.15, 0.2) is 0 Å². The molecule has 1 saturated heterocycles. The fraction of sp³-hybridized carbons (Fsp3) is 0.667. The molecule has 0 unspecified atom stereocenters. The first-order valence-corrected chi connectivity index (χ1v) is 8.27. The molecule has 1 heterocycles. The molecule has 0 aromatic heterocycles. The third-order valence-corrected chi connectivity index (χ3v) is 4.11. The van der Waals surface area contributed by atoms with Gasteiger partial charge in [-0.2, -0.15) is 0 Å². The lowest BCUT2D eigenvalue weighted by molar-refractivity contribution is 0.0375. The van der Waals surface area contributed by atoms with Crippen molar-refractivity contribution in [2.75, 3.05) is 53.5 Å². The van der Waals surface area contributed by atoms with Crippen LogP contribution in [-0.4, -0.2) is 63.3 Å². The third-order valence-electron chi connectivity index (χ3n) is 4.11. The van der Waals surface area contributed by atoms with Crippen LogP contribution < -0.4 is 0 Å². The fourth-order valence-corrected chi connectivity index (χ4v) is 2.87. The quantitative estimate of drug-likeness (QED) is 0.731. The van der Waals surface area contributed by atoms with E-state index in [4.69, 9.17) is 4.74 Å². The summed E-state index contributed by atoms with van der Waals surface area (Å²) in [5.74, 6) is 0. The van der Waals surface area contributed by atoms with Crippen molar-refractivity contribution < 1.29 is 4.74 Å². The van der Waals surface area contributed by atoms with Crippen molar-refractivity contribution in [3.63, 3.8) is 0 Å². The highest BCUT2D eigenvalue weighted by Crippen LogP contribution is 2.10. The molecule has 3 nitrogen and oxygen atoms in total. The smallest absolute Gasteiger partial charge is 0.0594 e. The summed E-state index contributed by atoms with van der Waals surface area (Å²) in [7, 11) is 4.28. The number of hydrogen-bond donors (Lipinski definition) is 0. The van der Waals surface area contributed by atoms with Crippen molar-refractivity contribution in [2.45, 2.75) is 25.7 Å². The molecule has 1 aliphatic rings. The Morgan fingerprint density at radius 1 is 1.05 bits per heavy atom. The molecular weight excluding hydrogens is 260 g/mol. The topological polar surface area (TPSA) is 15.7 Å². The summed E-state index contributed by atoms with van der Waals surface area (Å²) in [5, 5.41) is 0. The first kappa shape index (κ1) is 16.5. The van der Waals surface area contributed by atoms with Gasteiger partial charge in [-0.15, -0.1) is 0 Å². The van der Waals surface area contributed by atoms with E-state index in [-0.39, 0.29) is 0 Å². The van der Waals surface area contributed by atoms with E-state index in [0.717, 1.165) is 26.3 Å². The largest absolute Gasteiger partial charge is 0.379 e. The summed E-state index contributed by atoms with van der Waals surface area (Å²) in [5.41, 5.74) is 2.98. The van der Waals surface area contributed by atoms with Crippen molar-refractivity contribution in [3.05, 3.63) is 35.4 Å². The second-order valence-electron chi connectivity index (χ2n) is 6.28. The lowest BCUT2D eigenvalue weighted by atomic mass is 10.0. The van der Waals surface area contributed by atoms with Crippen LogP contribution in [0.15, 0.2) is 24.3 Å². The van der Waals surface area contributed by atoms with Gasteiger partial charge in [-0.3, -0.25) is 4.90 Å². The number of aryl methyl sites for hydroxylation is 2. The Hall–Kier alpha value is -0.900. The average Bonchev–Trinajstić information content (AvgIpc) is 2.48. The monoisotopic (exact) mass is 290 g/mol. The van der Waals surface area contributed by atoms with Gasteiger partial charge in [0.05, 0.1) is 13.2 Å². The first-order chi connectivity index (χ1) is 10.2. The van der Waals surface area contributed by atoms with Crippen LogP contribution in [0.2, 0.25) is 0 Å². The number of morpholine rings is 1. The maximum Gasteiger partial charge on any atom is 0.0594 e. The van der Waals surface area contributed by atoms with E-state index in [9.17, 15) is 0 Å². The molecule has 0 spiro atoms. The van der Waals surface area contributed by atoms with Crippen LogP contribution >= 0.6 is 0 Å². The third kappa shape index (κ3) is 6.60. The fourth-order valence-electron chi connectivity index (χ4n) is 2.87. The van der Waals surface area contributed by atoms with Crippen LogP contribution in [0.1, 0.15) is 24.0 Å². The molecule has 3 heteroatoms. The number of rotatable bonds is 8. The van der Waals surface area contributed by atoms with Gasteiger partial charge >= 0.3 is 0 Å². The molecule has 0 bridgehead atoms. The lowest BCUT2D eigenvalue weighted by Crippen LogP contribution is -2.36. The van der Waals surface area contributed by atoms with E-state index in [1.807, 2.05) is 0 Å². The highest BCUT2D eigenvalue weighted by Gasteiger charge is 2.09. The van der Waals surface area contributed by atoms with Crippen molar-refractivity contribution >= 4 is 0 Å². The van der Waals surface area contributed by atoms with Gasteiger partial charge in [-0.05, 0) is 64.0 Å². The number of benzene rings is 1. The maximum atomic E-state index is 5.39. The van der Waals surface area contributed by atoms with Crippen molar-refractivity contribution in [1.82, 2.24) is 9.80 Å². The predicted octanol–water partition coefficient (Wildman–Crippen LogP) is 2.45. The van der Waals surface area contributed by atoms with Gasteiger partial charge in [-0.1, -0.05) is 24.3 Å². The lowest BCUT2D eigenvalue weighted by Gasteiger charge is -2.26. The van der Waals surface area contributed by atoms with Crippen LogP contribution in [0.4, 0.5) is 0 Å². The van der Waals surface area contributed by atoms with Gasteiger partial charge in [-0.25, -0.2) is 0 Å². The standard InChI is InChI=1S/C18H30N2O/c1-19(2)10-4-8-17-6-3-7-18(16-17)9-5-11-20-12-14-21-15-13-20/h3,6-7,16H,4-5,8-15H2,1-2H3. The molecule has 0 radical (unpaired) electrons. The Bertz CT molecular complexity index is 400. The SMILES string of the molecule is CN(C)CCCc1cccc(CCCN2CCOCC2)c1. The molecule has 1 aromatic rings. The second kappa shape index (κ2) is 9.19. The highest BCUT2D eigenvalue weighted by atomic mass is 16.5. The number of hydrogen-bond acceptors (Lipinski definition) is 3. The van der Waals surface area contributed by atoms with Crippen LogP contribution in [0.5, 0.6) is 0 Å². The Balaban J connectivity index is 1.70. The molecule has 1 fully saturated rings. The molecular formula is C18H30N2O. The molecule has 0 aliphatic carbocycles. The Morgan fingerprint density at radius 2 is 1.71 bits per heavy atom. The van der Waals surface area contributed by atoms with E-state index in [0.29, 0.717) is 0 Å². The van der Waals surface area contributed by atoms with Gasteiger partial charge in [0.1, 0.15) is 0 Å². The summed E-state index contributed by atoms with van der Waals surface area (Å²) in [6.45, 7) is 6.38. The van der Waals surface area contributed by atoms with Crippen LogP contribution in [0.25, 0.3) is 0 Å². The van der Waals surface area contributed by atoms with Crippen molar-refractivity contribution in [1.29, 1.82) is 0 Å². The highest BCUT2D eigenvalue weighted by molar-refractivity contribution is 5.23. The predicted molar refractivity (Wildman–Crippen MR) is 88.9 cm³/mol. The zero-order chi connectivity index (χ0) is 14.9. The van der Waals surface area contributed by atoms with E-state index in [1.54, 1.807) is 0 Å². The van der Waals surface area contributed by atoms with Crippen LogP contribution in [-0.2, 0) is 17.6 Å². The van der Waals surface area contributed by atoms with Gasteiger partial charge in [0.2, 0.25) is 0 Å². The minimum atomic E-state index is 0.904. The Labute approximate surface area is 129 Å². The molecule has 0 saturated carbocycles. The summed E-state index contributed by atoms with van der Waals surface area (Å²) in [6.07, 6.45) is 4.87. The van der Waals surface area contributed by atoms with E-state index in [1.165, 1.54) is 49.9 Å². The molecule has 21 heavy (non-hydrogen) atoms. The van der Waals surface area contributed by atoms with Crippen molar-refractivity contribution in [3.8, 4) is 0 Å². The van der Waals surface area contributed by atoms with E-state index < -0.39 is 0 Å². The molecule has 1 aromatic carbocycles. The molecule has 0 atom stereocenters. The Kier molecular flexibility index (Phi) is 7.20. The minimum absolute atomic E-state index is 0.904. The summed E-state index contributed by atoms with van der Waals surface area (Å²) in [6, 6.07) is 9.15. The zero-order valence-corrected chi connectivity index (χ0v) is 13.7. The molecule has 0 amide bonds. The second-order valence-corrected chi connectivity index (χ2v) is 6.28. The van der Waals surface area contributed by atoms with Gasteiger partial charge < -0.3 is 9.64 Å². The van der Waals surface area contributed by atoms with E-state index >= 15 is 0 Å². The van der Waals surface area contributed by atoms with E-state index in [2.05, 4.69) is 48.2 Å². The summed E-state index contributed by atoms with van der Waals surface area (Å²) < 4.78 is 5.39. The molecule has 118 valence electrons. The number of ether oxygens (including phenoxy) is 1. The maximum absolute atomic E-state index is 5.39. The normalized spacial score (nSPS) is 16.5. The molecule has 0 N–H and O–H groups in total.